The van der Waals surface area contributed by atoms with E-state index in [4.69, 9.17) is 4.74 Å². The molecule has 1 aromatic rings. The number of hydrogen-bond donors (Lipinski definition) is 0. The molecule has 0 aliphatic carbocycles. The van der Waals surface area contributed by atoms with Crippen LogP contribution in [0, 0.1) is 0 Å². The molecule has 0 spiro atoms. The van der Waals surface area contributed by atoms with Gasteiger partial charge in [-0.25, -0.2) is 9.59 Å². The van der Waals surface area contributed by atoms with Gasteiger partial charge in [-0.15, -0.1) is 0 Å². The van der Waals surface area contributed by atoms with Crippen molar-refractivity contribution in [1.29, 1.82) is 0 Å². The predicted molar refractivity (Wildman–Crippen MR) is 50.8 cm³/mol. The van der Waals surface area contributed by atoms with Crippen LogP contribution in [0.5, 0.6) is 5.75 Å². The summed E-state index contributed by atoms with van der Waals surface area (Å²) in [6.45, 7) is 0. The van der Waals surface area contributed by atoms with Crippen LogP contribution >= 0.6 is 0 Å². The number of carbonyl (C=O) groups excluding carboxylic acids is 2. The first kappa shape index (κ1) is 11.0. The molecule has 0 aliphatic heterocycles. The Morgan fingerprint density at radius 1 is 1.07 bits per heavy atom. The highest BCUT2D eigenvalue weighted by Crippen LogP contribution is 2.19. The molecule has 0 N–H and O–H groups in total. The molecule has 0 heterocycles. The first-order valence-electron chi connectivity index (χ1n) is 4.12. The van der Waals surface area contributed by atoms with Gasteiger partial charge in [0.2, 0.25) is 0 Å². The zero-order valence-electron chi connectivity index (χ0n) is 8.35. The Morgan fingerprint density at radius 2 is 1.73 bits per heavy atom. The lowest BCUT2D eigenvalue weighted by Gasteiger charge is -2.06. The molecule has 0 radical (unpaired) electrons. The smallest absolute Gasteiger partial charge is 0.465 e. The number of methoxy groups -OCH3 is 2. The first-order chi connectivity index (χ1) is 7.19. The zero-order chi connectivity index (χ0) is 11.3. The van der Waals surface area contributed by atoms with Crippen LogP contribution in [0.4, 0.5) is 4.79 Å². The fourth-order valence-electron chi connectivity index (χ4n) is 0.966. The van der Waals surface area contributed by atoms with Gasteiger partial charge in [-0.2, -0.15) is 0 Å². The lowest BCUT2D eigenvalue weighted by molar-refractivity contribution is 0.0596. The van der Waals surface area contributed by atoms with Gasteiger partial charge in [0.25, 0.3) is 0 Å². The highest BCUT2D eigenvalue weighted by Gasteiger charge is 2.14. The minimum absolute atomic E-state index is 0.108. The van der Waals surface area contributed by atoms with Crippen LogP contribution in [0.3, 0.4) is 0 Å². The van der Waals surface area contributed by atoms with Gasteiger partial charge in [0.05, 0.1) is 14.2 Å². The van der Waals surface area contributed by atoms with Gasteiger partial charge in [-0.3, -0.25) is 0 Å². The third kappa shape index (κ3) is 2.70. The number of hydrogen-bond acceptors (Lipinski definition) is 5. The summed E-state index contributed by atoms with van der Waals surface area (Å²) in [4.78, 5) is 22.1. The van der Waals surface area contributed by atoms with Crippen molar-refractivity contribution in [3.8, 4) is 5.75 Å². The van der Waals surface area contributed by atoms with Crippen molar-refractivity contribution in [3.63, 3.8) is 0 Å². The van der Waals surface area contributed by atoms with E-state index in [0.29, 0.717) is 0 Å². The summed E-state index contributed by atoms with van der Waals surface area (Å²) >= 11 is 0. The van der Waals surface area contributed by atoms with Crippen molar-refractivity contribution in [2.75, 3.05) is 14.2 Å². The average molecular weight is 210 g/mol. The maximum Gasteiger partial charge on any atom is 0.513 e. The third-order valence-corrected chi connectivity index (χ3v) is 1.65. The second-order valence-electron chi connectivity index (χ2n) is 2.54. The number of carbonyl (C=O) groups is 2. The summed E-state index contributed by atoms with van der Waals surface area (Å²) in [5.41, 5.74) is 0.172. The maximum atomic E-state index is 11.2. The molecule has 0 saturated carbocycles. The van der Waals surface area contributed by atoms with Crippen LogP contribution < -0.4 is 4.74 Å². The number of rotatable bonds is 2. The molecule has 0 fully saturated rings. The van der Waals surface area contributed by atoms with E-state index in [-0.39, 0.29) is 11.3 Å². The molecule has 0 amide bonds. The van der Waals surface area contributed by atoms with E-state index in [1.807, 2.05) is 0 Å². The Morgan fingerprint density at radius 3 is 2.33 bits per heavy atom. The van der Waals surface area contributed by atoms with Crippen LogP contribution in [0.25, 0.3) is 0 Å². The molecule has 80 valence electrons. The Hall–Kier alpha value is -2.04. The Kier molecular flexibility index (Phi) is 3.68. The Balaban J connectivity index is 2.96. The topological polar surface area (TPSA) is 61.8 Å². The van der Waals surface area contributed by atoms with Crippen molar-refractivity contribution in [2.45, 2.75) is 0 Å². The SMILES string of the molecule is COC(=O)Oc1ccccc1C(=O)OC. The Labute approximate surface area is 86.6 Å². The zero-order valence-corrected chi connectivity index (χ0v) is 8.35. The lowest BCUT2D eigenvalue weighted by atomic mass is 10.2. The predicted octanol–water partition coefficient (Wildman–Crippen LogP) is 1.62. The number of esters is 1. The van der Waals surface area contributed by atoms with E-state index in [1.54, 1.807) is 12.1 Å². The minimum atomic E-state index is -0.883. The average Bonchev–Trinajstić information content (AvgIpc) is 2.28. The molecule has 0 bridgehead atoms. The molecular weight excluding hydrogens is 200 g/mol. The molecule has 0 saturated heterocycles. The third-order valence-electron chi connectivity index (χ3n) is 1.65. The summed E-state index contributed by atoms with van der Waals surface area (Å²) in [7, 11) is 2.43. The molecule has 5 nitrogen and oxygen atoms in total. The van der Waals surface area contributed by atoms with Crippen LogP contribution in [-0.4, -0.2) is 26.3 Å². The van der Waals surface area contributed by atoms with E-state index >= 15 is 0 Å². The standard InChI is InChI=1S/C10H10O5/c1-13-9(11)7-5-3-4-6-8(7)15-10(12)14-2/h3-6H,1-2H3. The molecule has 1 rings (SSSR count). The Bertz CT molecular complexity index is 372. The maximum absolute atomic E-state index is 11.2. The van der Waals surface area contributed by atoms with Gasteiger partial charge in [-0.1, -0.05) is 12.1 Å². The van der Waals surface area contributed by atoms with Crippen molar-refractivity contribution >= 4 is 12.1 Å². The van der Waals surface area contributed by atoms with Crippen LogP contribution in [-0.2, 0) is 9.47 Å². The molecular formula is C10H10O5. The van der Waals surface area contributed by atoms with Gasteiger partial charge >= 0.3 is 12.1 Å². The number of benzene rings is 1. The van der Waals surface area contributed by atoms with Gasteiger partial charge < -0.3 is 14.2 Å². The quantitative estimate of drug-likeness (QED) is 0.548. The molecule has 1 aromatic carbocycles. The summed E-state index contributed by atoms with van der Waals surface area (Å²) in [6, 6.07) is 6.23. The molecule has 15 heavy (non-hydrogen) atoms. The highest BCUT2D eigenvalue weighted by atomic mass is 16.7. The molecule has 0 aliphatic rings. The minimum Gasteiger partial charge on any atom is -0.465 e. The van der Waals surface area contributed by atoms with Crippen LogP contribution in [0.1, 0.15) is 10.4 Å². The largest absolute Gasteiger partial charge is 0.513 e. The van der Waals surface area contributed by atoms with E-state index < -0.39 is 12.1 Å². The second-order valence-corrected chi connectivity index (χ2v) is 2.54. The van der Waals surface area contributed by atoms with Crippen LogP contribution in [0.15, 0.2) is 24.3 Å². The highest BCUT2D eigenvalue weighted by molar-refractivity contribution is 5.93. The normalized spacial score (nSPS) is 9.20. The second kappa shape index (κ2) is 4.99. The van der Waals surface area contributed by atoms with E-state index in [2.05, 4.69) is 9.47 Å². The monoisotopic (exact) mass is 210 g/mol. The van der Waals surface area contributed by atoms with Gasteiger partial charge in [0.1, 0.15) is 11.3 Å². The molecule has 0 aromatic heterocycles. The van der Waals surface area contributed by atoms with Gasteiger partial charge in [0.15, 0.2) is 0 Å². The van der Waals surface area contributed by atoms with Crippen molar-refractivity contribution in [1.82, 2.24) is 0 Å². The summed E-state index contributed by atoms with van der Waals surface area (Å²) in [5, 5.41) is 0. The summed E-state index contributed by atoms with van der Waals surface area (Å²) in [5.74, 6) is -0.467. The fraction of sp³-hybridized carbons (Fsp3) is 0.200. The van der Waals surface area contributed by atoms with Crippen molar-refractivity contribution < 1.29 is 23.8 Å². The molecule has 0 atom stereocenters. The number of para-hydroxylation sites is 1. The summed E-state index contributed by atoms with van der Waals surface area (Å²) < 4.78 is 13.6. The number of ether oxygens (including phenoxy) is 3. The lowest BCUT2D eigenvalue weighted by Crippen LogP contribution is -2.11. The van der Waals surface area contributed by atoms with Gasteiger partial charge in [0, 0.05) is 0 Å². The first-order valence-corrected chi connectivity index (χ1v) is 4.12. The molecule has 5 heteroatoms. The van der Waals surface area contributed by atoms with E-state index in [1.165, 1.54) is 26.4 Å². The van der Waals surface area contributed by atoms with E-state index in [9.17, 15) is 9.59 Å². The fourth-order valence-corrected chi connectivity index (χ4v) is 0.966. The van der Waals surface area contributed by atoms with Crippen LogP contribution in [0.2, 0.25) is 0 Å². The summed E-state index contributed by atoms with van der Waals surface area (Å²) in [6.07, 6.45) is -0.883. The molecule has 0 unspecified atom stereocenters. The van der Waals surface area contributed by atoms with Crippen molar-refractivity contribution in [2.24, 2.45) is 0 Å². The van der Waals surface area contributed by atoms with Crippen molar-refractivity contribution in [3.05, 3.63) is 29.8 Å². The van der Waals surface area contributed by atoms with E-state index in [0.717, 1.165) is 0 Å². The van der Waals surface area contributed by atoms with Gasteiger partial charge in [-0.05, 0) is 12.1 Å².